The molecule has 8 heteroatoms. The van der Waals surface area contributed by atoms with E-state index >= 15 is 0 Å². The number of H-pyrrole nitrogens is 2. The van der Waals surface area contributed by atoms with Gasteiger partial charge in [0.25, 0.3) is 5.56 Å². The average molecular weight is 418 g/mol. The Hall–Kier alpha value is -2.06. The fourth-order valence-corrected chi connectivity index (χ4v) is 5.41. The molecule has 28 heavy (non-hydrogen) atoms. The number of pyridine rings is 1. The number of nitrogens with one attached hydrogen (secondary N) is 2. The lowest BCUT2D eigenvalue weighted by Gasteiger charge is -2.09. The third-order valence-electron chi connectivity index (χ3n) is 4.68. The van der Waals surface area contributed by atoms with Crippen LogP contribution in [0.3, 0.4) is 0 Å². The van der Waals surface area contributed by atoms with Crippen LogP contribution in [-0.2, 0) is 18.6 Å². The van der Waals surface area contributed by atoms with Crippen LogP contribution in [0.25, 0.3) is 10.2 Å². The first-order chi connectivity index (χ1) is 13.5. The van der Waals surface area contributed by atoms with Crippen molar-refractivity contribution in [2.75, 3.05) is 6.61 Å². The summed E-state index contributed by atoms with van der Waals surface area (Å²) in [6.45, 7) is 4.58. The number of fused-ring (bicyclic) bond motifs is 3. The van der Waals surface area contributed by atoms with E-state index in [1.807, 2.05) is 13.8 Å². The molecule has 3 aromatic heterocycles. The molecular weight excluding hydrogens is 394 g/mol. The van der Waals surface area contributed by atoms with Gasteiger partial charge < -0.3 is 14.7 Å². The number of nitrogens with zero attached hydrogens (tertiary/aromatic N) is 1. The van der Waals surface area contributed by atoms with E-state index < -0.39 is 0 Å². The monoisotopic (exact) mass is 417 g/mol. The number of rotatable bonds is 6. The topological polar surface area (TPSA) is 87.8 Å². The number of thioether (sulfide) groups is 1. The molecule has 0 fully saturated rings. The van der Waals surface area contributed by atoms with Crippen molar-refractivity contribution in [3.63, 3.8) is 0 Å². The number of aromatic nitrogens is 3. The normalized spacial score (nSPS) is 13.8. The molecule has 3 heterocycles. The molecule has 0 unspecified atom stereocenters. The van der Waals surface area contributed by atoms with Crippen LogP contribution < -0.4 is 15.7 Å². The summed E-state index contributed by atoms with van der Waals surface area (Å²) in [5.74, 6) is 1.20. The number of aryl methyl sites for hydroxylation is 2. The van der Waals surface area contributed by atoms with E-state index in [4.69, 9.17) is 4.74 Å². The van der Waals surface area contributed by atoms with Gasteiger partial charge in [0.15, 0.2) is 10.9 Å². The number of ether oxygens (including phenoxy) is 1. The fraction of sp³-hybridized carbons (Fsp3) is 0.450. The van der Waals surface area contributed by atoms with E-state index in [1.54, 1.807) is 23.6 Å². The first-order valence-electron chi connectivity index (χ1n) is 9.53. The molecule has 0 aromatic carbocycles. The molecule has 2 N–H and O–H groups in total. The van der Waals surface area contributed by atoms with Crippen molar-refractivity contribution in [3.05, 3.63) is 49.0 Å². The molecule has 0 radical (unpaired) electrons. The Kier molecular flexibility index (Phi) is 5.59. The standard InChI is InChI=1S/C20H23N3O3S2/c1-11(2)9-26-15-8-21-12(7-14(15)24)10-27-20-22-18(25)17-13-5-3-4-6-16(13)28-19(17)23-20/h7-8,11H,3-6,9-10H2,1-2H3,(H,21,24)(H,22,23,25). The second kappa shape index (κ2) is 8.13. The van der Waals surface area contributed by atoms with Crippen LogP contribution in [0.4, 0.5) is 0 Å². The van der Waals surface area contributed by atoms with E-state index in [9.17, 15) is 9.59 Å². The third-order valence-corrected chi connectivity index (χ3v) is 6.78. The first-order valence-corrected chi connectivity index (χ1v) is 11.3. The van der Waals surface area contributed by atoms with Crippen molar-refractivity contribution in [1.82, 2.24) is 15.0 Å². The Morgan fingerprint density at radius 1 is 1.29 bits per heavy atom. The van der Waals surface area contributed by atoms with Gasteiger partial charge >= 0.3 is 0 Å². The lowest BCUT2D eigenvalue weighted by Crippen LogP contribution is -2.13. The first kappa shape index (κ1) is 19.3. The largest absolute Gasteiger partial charge is 0.488 e. The maximum Gasteiger partial charge on any atom is 0.260 e. The summed E-state index contributed by atoms with van der Waals surface area (Å²) in [4.78, 5) is 37.6. The molecule has 0 bridgehead atoms. The Bertz CT molecular complexity index is 1110. The number of thiophene rings is 1. The van der Waals surface area contributed by atoms with Crippen molar-refractivity contribution < 1.29 is 4.74 Å². The molecule has 1 aliphatic rings. The lowest BCUT2D eigenvalue weighted by atomic mass is 9.97. The zero-order valence-electron chi connectivity index (χ0n) is 16.0. The number of hydrogen-bond donors (Lipinski definition) is 2. The van der Waals surface area contributed by atoms with Crippen LogP contribution in [0.1, 0.15) is 42.8 Å². The van der Waals surface area contributed by atoms with E-state index in [-0.39, 0.29) is 11.0 Å². The Labute approximate surface area is 170 Å². The van der Waals surface area contributed by atoms with Gasteiger partial charge in [0.1, 0.15) is 4.83 Å². The average Bonchev–Trinajstić information content (AvgIpc) is 3.04. The van der Waals surface area contributed by atoms with E-state index in [0.717, 1.165) is 35.2 Å². The second-order valence-electron chi connectivity index (χ2n) is 7.44. The molecule has 0 atom stereocenters. The van der Waals surface area contributed by atoms with Gasteiger partial charge in [-0.05, 0) is 37.2 Å². The number of hydrogen-bond acceptors (Lipinski definition) is 6. The second-order valence-corrected chi connectivity index (χ2v) is 9.49. The SMILES string of the molecule is CC(C)COc1c[nH]c(CSc2nc3sc4c(c3c(=O)[nH]2)CCCC4)cc1=O. The van der Waals surface area contributed by atoms with E-state index in [2.05, 4.69) is 15.0 Å². The van der Waals surface area contributed by atoms with Crippen LogP contribution in [0.2, 0.25) is 0 Å². The molecule has 6 nitrogen and oxygen atoms in total. The molecule has 0 spiro atoms. The highest BCUT2D eigenvalue weighted by Gasteiger charge is 2.19. The minimum absolute atomic E-state index is 0.0576. The van der Waals surface area contributed by atoms with Crippen molar-refractivity contribution in [3.8, 4) is 5.75 Å². The molecule has 0 saturated carbocycles. The van der Waals surface area contributed by atoms with Crippen LogP contribution >= 0.6 is 23.1 Å². The maximum absolute atomic E-state index is 12.6. The van der Waals surface area contributed by atoms with Gasteiger partial charge in [-0.1, -0.05) is 25.6 Å². The van der Waals surface area contributed by atoms with E-state index in [0.29, 0.717) is 29.2 Å². The van der Waals surface area contributed by atoms with Crippen molar-refractivity contribution >= 4 is 33.3 Å². The zero-order valence-corrected chi connectivity index (χ0v) is 17.6. The number of aromatic amines is 2. The fourth-order valence-electron chi connectivity index (χ4n) is 3.31. The highest BCUT2D eigenvalue weighted by molar-refractivity contribution is 7.98. The summed E-state index contributed by atoms with van der Waals surface area (Å²) >= 11 is 3.05. The van der Waals surface area contributed by atoms with Crippen LogP contribution in [0.15, 0.2) is 27.0 Å². The van der Waals surface area contributed by atoms with Gasteiger partial charge in [-0.15, -0.1) is 11.3 Å². The Morgan fingerprint density at radius 2 is 2.11 bits per heavy atom. The van der Waals surface area contributed by atoms with Crippen molar-refractivity contribution in [1.29, 1.82) is 0 Å². The lowest BCUT2D eigenvalue weighted by molar-refractivity contribution is 0.268. The maximum atomic E-state index is 12.6. The molecule has 0 amide bonds. The summed E-state index contributed by atoms with van der Waals surface area (Å²) in [7, 11) is 0. The molecule has 0 saturated heterocycles. The molecule has 0 aliphatic heterocycles. The smallest absolute Gasteiger partial charge is 0.260 e. The van der Waals surface area contributed by atoms with E-state index in [1.165, 1.54) is 28.6 Å². The van der Waals surface area contributed by atoms with Gasteiger partial charge in [-0.2, -0.15) is 0 Å². The molecule has 1 aliphatic carbocycles. The van der Waals surface area contributed by atoms with Gasteiger partial charge in [-0.25, -0.2) is 4.98 Å². The Morgan fingerprint density at radius 3 is 2.89 bits per heavy atom. The summed E-state index contributed by atoms with van der Waals surface area (Å²) in [5, 5.41) is 1.35. The van der Waals surface area contributed by atoms with Crippen LogP contribution in [0, 0.1) is 5.92 Å². The molecule has 3 aromatic rings. The summed E-state index contributed by atoms with van der Waals surface area (Å²) in [6, 6.07) is 1.54. The summed E-state index contributed by atoms with van der Waals surface area (Å²) in [6.07, 6.45) is 5.94. The highest BCUT2D eigenvalue weighted by Crippen LogP contribution is 2.34. The van der Waals surface area contributed by atoms with Crippen LogP contribution in [-0.4, -0.2) is 21.6 Å². The summed E-state index contributed by atoms with van der Waals surface area (Å²) in [5.41, 5.74) is 1.76. The van der Waals surface area contributed by atoms with Crippen LogP contribution in [0.5, 0.6) is 5.75 Å². The molecule has 4 rings (SSSR count). The summed E-state index contributed by atoms with van der Waals surface area (Å²) < 4.78 is 5.51. The molecular formula is C20H23N3O3S2. The zero-order chi connectivity index (χ0) is 19.7. The quantitative estimate of drug-likeness (QED) is 0.469. The predicted molar refractivity (Wildman–Crippen MR) is 114 cm³/mol. The highest BCUT2D eigenvalue weighted by atomic mass is 32.2. The third kappa shape index (κ3) is 4.03. The minimum atomic E-state index is -0.141. The van der Waals surface area contributed by atoms with Gasteiger partial charge in [0, 0.05) is 28.6 Å². The van der Waals surface area contributed by atoms with Crippen molar-refractivity contribution in [2.24, 2.45) is 5.92 Å². The van der Waals surface area contributed by atoms with Gasteiger partial charge in [-0.3, -0.25) is 9.59 Å². The van der Waals surface area contributed by atoms with Crippen molar-refractivity contribution in [2.45, 2.75) is 50.4 Å². The minimum Gasteiger partial charge on any atom is -0.488 e. The Balaban J connectivity index is 1.50. The molecule has 148 valence electrons. The van der Waals surface area contributed by atoms with Gasteiger partial charge in [0.2, 0.25) is 5.43 Å². The predicted octanol–water partition coefficient (Wildman–Crippen LogP) is 3.88. The van der Waals surface area contributed by atoms with Gasteiger partial charge in [0.05, 0.1) is 12.0 Å².